The van der Waals surface area contributed by atoms with Gasteiger partial charge < -0.3 is 0 Å². The van der Waals surface area contributed by atoms with Gasteiger partial charge >= 0.3 is 0 Å². The second-order valence-corrected chi connectivity index (χ2v) is 4.86. The van der Waals surface area contributed by atoms with E-state index in [1.165, 1.54) is 0 Å². The molecule has 0 aliphatic heterocycles. The molecule has 3 aromatic heterocycles. The quantitative estimate of drug-likeness (QED) is 0.739. The molecule has 3 aromatic rings. The Morgan fingerprint density at radius 3 is 2.23 bits per heavy atom. The molecule has 0 aliphatic carbocycles. The fraction of sp³-hybridized carbons (Fsp3) is 0.235. The molecular weight excluding hydrogens is 274 g/mol. The summed E-state index contributed by atoms with van der Waals surface area (Å²) in [5, 5.41) is 8.50. The molecule has 5 nitrogen and oxygen atoms in total. The van der Waals surface area contributed by atoms with Crippen LogP contribution in [0.25, 0.3) is 22.9 Å². The first-order valence-electron chi connectivity index (χ1n) is 7.43. The van der Waals surface area contributed by atoms with E-state index in [9.17, 15) is 0 Å². The zero-order chi connectivity index (χ0) is 15.4. The highest BCUT2D eigenvalue weighted by molar-refractivity contribution is 5.59. The van der Waals surface area contributed by atoms with Crippen LogP contribution in [-0.2, 0) is 12.8 Å². The Morgan fingerprint density at radius 1 is 0.727 bits per heavy atom. The molecular formula is C17H17N5. The largest absolute Gasteiger partial charge is 0.255 e. The molecule has 22 heavy (non-hydrogen) atoms. The summed E-state index contributed by atoms with van der Waals surface area (Å²) in [5.41, 5.74) is 4.29. The Kier molecular flexibility index (Phi) is 4.14. The molecule has 0 bridgehead atoms. The number of nitrogens with zero attached hydrogens (tertiary/aromatic N) is 5. The smallest absolute Gasteiger partial charge is 0.200 e. The predicted octanol–water partition coefficient (Wildman–Crippen LogP) is 3.12. The van der Waals surface area contributed by atoms with Gasteiger partial charge in [-0.15, -0.1) is 5.10 Å². The van der Waals surface area contributed by atoms with Crippen molar-refractivity contribution in [3.63, 3.8) is 0 Å². The van der Waals surface area contributed by atoms with Gasteiger partial charge in [0.2, 0.25) is 5.82 Å². The van der Waals surface area contributed by atoms with Crippen molar-refractivity contribution >= 4 is 0 Å². The molecule has 0 spiro atoms. The minimum atomic E-state index is 0.562. The van der Waals surface area contributed by atoms with E-state index < -0.39 is 0 Å². The van der Waals surface area contributed by atoms with Crippen molar-refractivity contribution < 1.29 is 0 Å². The van der Waals surface area contributed by atoms with Crippen molar-refractivity contribution in [1.29, 1.82) is 0 Å². The lowest BCUT2D eigenvalue weighted by molar-refractivity contribution is 0.826. The molecule has 0 saturated carbocycles. The monoisotopic (exact) mass is 291 g/mol. The molecule has 0 unspecified atom stereocenters. The van der Waals surface area contributed by atoms with Gasteiger partial charge in [0.15, 0.2) is 0 Å². The van der Waals surface area contributed by atoms with Gasteiger partial charge in [-0.05, 0) is 37.1 Å². The molecule has 0 amide bonds. The number of pyridine rings is 2. The third-order valence-electron chi connectivity index (χ3n) is 3.41. The van der Waals surface area contributed by atoms with Crippen molar-refractivity contribution in [2.24, 2.45) is 0 Å². The van der Waals surface area contributed by atoms with Crippen LogP contribution in [0.4, 0.5) is 0 Å². The predicted molar refractivity (Wildman–Crippen MR) is 85.0 cm³/mol. The lowest BCUT2D eigenvalue weighted by Gasteiger charge is -2.06. The van der Waals surface area contributed by atoms with Crippen LogP contribution < -0.4 is 0 Å². The van der Waals surface area contributed by atoms with Crippen LogP contribution in [0.15, 0.2) is 42.6 Å². The van der Waals surface area contributed by atoms with Gasteiger partial charge in [-0.1, -0.05) is 26.0 Å². The molecule has 0 aliphatic rings. The summed E-state index contributed by atoms with van der Waals surface area (Å²) in [7, 11) is 0. The van der Waals surface area contributed by atoms with E-state index in [4.69, 9.17) is 0 Å². The average Bonchev–Trinajstić information content (AvgIpc) is 2.62. The zero-order valence-corrected chi connectivity index (χ0v) is 12.7. The average molecular weight is 291 g/mol. The topological polar surface area (TPSA) is 64.5 Å². The van der Waals surface area contributed by atoms with Crippen molar-refractivity contribution in [3.8, 4) is 22.9 Å². The summed E-state index contributed by atoms with van der Waals surface area (Å²) in [6.45, 7) is 4.13. The minimum Gasteiger partial charge on any atom is -0.255 e. The van der Waals surface area contributed by atoms with Crippen LogP contribution in [0.2, 0.25) is 0 Å². The van der Waals surface area contributed by atoms with E-state index in [0.717, 1.165) is 35.6 Å². The number of hydrogen-bond acceptors (Lipinski definition) is 5. The van der Waals surface area contributed by atoms with Crippen LogP contribution in [0, 0.1) is 0 Å². The minimum absolute atomic E-state index is 0.562. The van der Waals surface area contributed by atoms with Gasteiger partial charge in [-0.3, -0.25) is 4.98 Å². The van der Waals surface area contributed by atoms with Gasteiger partial charge in [-0.25, -0.2) is 9.97 Å². The molecule has 0 N–H and O–H groups in total. The summed E-state index contributed by atoms with van der Waals surface area (Å²) >= 11 is 0. The lowest BCUT2D eigenvalue weighted by atomic mass is 10.2. The molecule has 3 rings (SSSR count). The van der Waals surface area contributed by atoms with Gasteiger partial charge in [0.25, 0.3) is 0 Å². The van der Waals surface area contributed by atoms with Crippen molar-refractivity contribution in [1.82, 2.24) is 25.1 Å². The van der Waals surface area contributed by atoms with Crippen molar-refractivity contribution in [2.75, 3.05) is 0 Å². The fourth-order valence-electron chi connectivity index (χ4n) is 2.26. The van der Waals surface area contributed by atoms with Gasteiger partial charge in [-0.2, -0.15) is 5.10 Å². The van der Waals surface area contributed by atoms with Crippen LogP contribution >= 0.6 is 0 Å². The summed E-state index contributed by atoms with van der Waals surface area (Å²) < 4.78 is 0. The molecule has 5 heteroatoms. The van der Waals surface area contributed by atoms with E-state index in [1.807, 2.05) is 36.4 Å². The number of aromatic nitrogens is 5. The molecule has 0 radical (unpaired) electrons. The summed E-state index contributed by atoms with van der Waals surface area (Å²) in [5.74, 6) is 0.562. The Bertz CT molecular complexity index is 771. The van der Waals surface area contributed by atoms with Crippen LogP contribution in [0.5, 0.6) is 0 Å². The first-order valence-corrected chi connectivity index (χ1v) is 7.43. The SMILES string of the molecule is CCc1nnc(-c2cccc(-c3ccccn3)n2)nc1CC. The fourth-order valence-corrected chi connectivity index (χ4v) is 2.26. The molecule has 0 atom stereocenters. The third-order valence-corrected chi connectivity index (χ3v) is 3.41. The first kappa shape index (κ1) is 14.3. The van der Waals surface area contributed by atoms with Gasteiger partial charge in [0.05, 0.1) is 22.8 Å². The van der Waals surface area contributed by atoms with Crippen molar-refractivity contribution in [3.05, 3.63) is 54.0 Å². The van der Waals surface area contributed by atoms with E-state index in [2.05, 4.69) is 39.0 Å². The number of aryl methyl sites for hydroxylation is 2. The van der Waals surface area contributed by atoms with Crippen LogP contribution in [0.3, 0.4) is 0 Å². The second-order valence-electron chi connectivity index (χ2n) is 4.86. The number of rotatable bonds is 4. The zero-order valence-electron chi connectivity index (χ0n) is 12.7. The second kappa shape index (κ2) is 6.39. The summed E-state index contributed by atoms with van der Waals surface area (Å²) in [6, 6.07) is 11.5. The van der Waals surface area contributed by atoms with Crippen LogP contribution in [0.1, 0.15) is 25.2 Å². The Labute approximate surface area is 129 Å². The standard InChI is InChI=1S/C17H17N5/c1-3-12-13(4-2)21-22-17(20-12)16-10-7-9-15(19-16)14-8-5-6-11-18-14/h5-11H,3-4H2,1-2H3. The van der Waals surface area contributed by atoms with Crippen molar-refractivity contribution in [2.45, 2.75) is 26.7 Å². The Balaban J connectivity index is 2.02. The van der Waals surface area contributed by atoms with E-state index >= 15 is 0 Å². The lowest BCUT2D eigenvalue weighted by Crippen LogP contribution is -2.05. The maximum Gasteiger partial charge on any atom is 0.200 e. The first-order chi connectivity index (χ1) is 10.8. The van der Waals surface area contributed by atoms with Crippen LogP contribution in [-0.4, -0.2) is 25.1 Å². The summed E-state index contributed by atoms with van der Waals surface area (Å²) in [6.07, 6.45) is 3.43. The highest BCUT2D eigenvalue weighted by Gasteiger charge is 2.10. The van der Waals surface area contributed by atoms with E-state index in [0.29, 0.717) is 11.5 Å². The number of hydrogen-bond donors (Lipinski definition) is 0. The molecule has 0 saturated heterocycles. The molecule has 0 aromatic carbocycles. The molecule has 110 valence electrons. The molecule has 3 heterocycles. The van der Waals surface area contributed by atoms with E-state index in [-0.39, 0.29) is 0 Å². The van der Waals surface area contributed by atoms with Gasteiger partial charge in [0, 0.05) is 6.20 Å². The maximum atomic E-state index is 4.62. The Hall–Kier alpha value is -2.69. The maximum absolute atomic E-state index is 4.62. The summed E-state index contributed by atoms with van der Waals surface area (Å²) in [4.78, 5) is 13.6. The van der Waals surface area contributed by atoms with E-state index in [1.54, 1.807) is 6.20 Å². The highest BCUT2D eigenvalue weighted by atomic mass is 15.2. The Morgan fingerprint density at radius 2 is 1.50 bits per heavy atom. The third kappa shape index (κ3) is 2.83. The molecule has 0 fully saturated rings. The normalized spacial score (nSPS) is 10.6. The van der Waals surface area contributed by atoms with Gasteiger partial charge in [0.1, 0.15) is 5.69 Å². The highest BCUT2D eigenvalue weighted by Crippen LogP contribution is 2.19.